The summed E-state index contributed by atoms with van der Waals surface area (Å²) in [7, 11) is 3.36. The molecule has 0 aliphatic carbocycles. The second-order valence-corrected chi connectivity index (χ2v) is 6.09. The smallest absolute Gasteiger partial charge is 0.300 e. The van der Waals surface area contributed by atoms with Crippen LogP contribution in [0.3, 0.4) is 0 Å². The molecule has 0 fully saturated rings. The molecule has 2 aromatic carbocycles. The molecule has 2 aromatic rings. The normalized spacial score (nSPS) is 9.33. The second-order valence-electron chi connectivity index (χ2n) is 6.09. The SMILES string of the molecule is CC(=O)O.CC(=O)O.COc1ccc(CNCCNCc2ccc(OC)cc2)cc1. The van der Waals surface area contributed by atoms with Crippen LogP contribution < -0.4 is 20.1 Å². The summed E-state index contributed by atoms with van der Waals surface area (Å²) < 4.78 is 10.3. The molecule has 0 amide bonds. The summed E-state index contributed by atoms with van der Waals surface area (Å²) in [5.41, 5.74) is 2.52. The van der Waals surface area contributed by atoms with Crippen molar-refractivity contribution in [2.24, 2.45) is 0 Å². The number of methoxy groups -OCH3 is 2. The zero-order valence-corrected chi connectivity index (χ0v) is 18.0. The zero-order chi connectivity index (χ0) is 22.8. The van der Waals surface area contributed by atoms with E-state index in [2.05, 4.69) is 34.9 Å². The van der Waals surface area contributed by atoms with Gasteiger partial charge in [-0.1, -0.05) is 24.3 Å². The van der Waals surface area contributed by atoms with E-state index in [4.69, 9.17) is 29.3 Å². The highest BCUT2D eigenvalue weighted by molar-refractivity contribution is 5.63. The van der Waals surface area contributed by atoms with E-state index in [0.29, 0.717) is 0 Å². The number of benzene rings is 2. The van der Waals surface area contributed by atoms with Crippen LogP contribution in [0.2, 0.25) is 0 Å². The van der Waals surface area contributed by atoms with Crippen molar-refractivity contribution in [2.75, 3.05) is 27.3 Å². The Morgan fingerprint density at radius 1 is 0.700 bits per heavy atom. The maximum Gasteiger partial charge on any atom is 0.300 e. The van der Waals surface area contributed by atoms with E-state index in [-0.39, 0.29) is 0 Å². The third-order valence-electron chi connectivity index (χ3n) is 3.45. The molecule has 0 saturated heterocycles. The van der Waals surface area contributed by atoms with Gasteiger partial charge in [-0.3, -0.25) is 9.59 Å². The highest BCUT2D eigenvalue weighted by atomic mass is 16.5. The molecule has 0 aliphatic heterocycles. The Morgan fingerprint density at radius 3 is 1.20 bits per heavy atom. The van der Waals surface area contributed by atoms with E-state index >= 15 is 0 Å². The van der Waals surface area contributed by atoms with Crippen molar-refractivity contribution in [3.05, 3.63) is 59.7 Å². The third-order valence-corrected chi connectivity index (χ3v) is 3.45. The number of aliphatic carboxylic acids is 2. The van der Waals surface area contributed by atoms with Gasteiger partial charge in [0.25, 0.3) is 11.9 Å². The van der Waals surface area contributed by atoms with Crippen LogP contribution in [0.4, 0.5) is 0 Å². The van der Waals surface area contributed by atoms with Crippen molar-refractivity contribution >= 4 is 11.9 Å². The van der Waals surface area contributed by atoms with Gasteiger partial charge in [0.05, 0.1) is 14.2 Å². The Balaban J connectivity index is 0.000000901. The minimum absolute atomic E-state index is 0.833. The van der Waals surface area contributed by atoms with Gasteiger partial charge in [-0.15, -0.1) is 0 Å². The number of nitrogens with one attached hydrogen (secondary N) is 2. The van der Waals surface area contributed by atoms with Crippen LogP contribution in [0.15, 0.2) is 48.5 Å². The first-order valence-electron chi connectivity index (χ1n) is 9.34. The number of hydrogen-bond acceptors (Lipinski definition) is 6. The van der Waals surface area contributed by atoms with Crippen LogP contribution in [0.5, 0.6) is 11.5 Å². The number of hydrogen-bond donors (Lipinski definition) is 4. The predicted octanol–water partition coefficient (Wildman–Crippen LogP) is 2.77. The van der Waals surface area contributed by atoms with Gasteiger partial charge in [-0.2, -0.15) is 0 Å². The fourth-order valence-electron chi connectivity index (χ4n) is 2.13. The number of ether oxygens (including phenoxy) is 2. The van der Waals surface area contributed by atoms with E-state index in [1.54, 1.807) is 14.2 Å². The van der Waals surface area contributed by atoms with Gasteiger partial charge >= 0.3 is 0 Å². The summed E-state index contributed by atoms with van der Waals surface area (Å²) in [4.78, 5) is 18.0. The Morgan fingerprint density at radius 2 is 0.967 bits per heavy atom. The first-order chi connectivity index (χ1) is 14.3. The fraction of sp³-hybridized carbons (Fsp3) is 0.364. The van der Waals surface area contributed by atoms with Crippen LogP contribution in [0.25, 0.3) is 0 Å². The minimum atomic E-state index is -0.833. The highest BCUT2D eigenvalue weighted by Crippen LogP contribution is 2.11. The molecule has 0 aromatic heterocycles. The summed E-state index contributed by atoms with van der Waals surface area (Å²) in [6.45, 7) is 5.77. The molecule has 4 N–H and O–H groups in total. The molecule has 8 heteroatoms. The van der Waals surface area contributed by atoms with Crippen molar-refractivity contribution in [2.45, 2.75) is 26.9 Å². The second kappa shape index (κ2) is 16.8. The zero-order valence-electron chi connectivity index (χ0n) is 18.0. The van der Waals surface area contributed by atoms with Crippen LogP contribution in [0, 0.1) is 0 Å². The molecule has 2 rings (SSSR count). The van der Waals surface area contributed by atoms with Crippen molar-refractivity contribution in [1.82, 2.24) is 10.6 Å². The lowest BCUT2D eigenvalue weighted by atomic mass is 10.2. The van der Waals surface area contributed by atoms with E-state index in [1.165, 1.54) is 11.1 Å². The van der Waals surface area contributed by atoms with Crippen molar-refractivity contribution in [3.63, 3.8) is 0 Å². The van der Waals surface area contributed by atoms with Gasteiger partial charge in [-0.25, -0.2) is 0 Å². The van der Waals surface area contributed by atoms with Gasteiger partial charge in [0.1, 0.15) is 11.5 Å². The lowest BCUT2D eigenvalue weighted by Gasteiger charge is -2.08. The lowest BCUT2D eigenvalue weighted by Crippen LogP contribution is -2.26. The lowest BCUT2D eigenvalue weighted by molar-refractivity contribution is -0.135. The number of carboxylic acids is 2. The molecule has 0 saturated carbocycles. The van der Waals surface area contributed by atoms with Gasteiger partial charge in [0, 0.05) is 40.0 Å². The molecule has 0 radical (unpaired) electrons. The largest absolute Gasteiger partial charge is 0.497 e. The Bertz CT molecular complexity index is 646. The van der Waals surface area contributed by atoms with E-state index < -0.39 is 11.9 Å². The highest BCUT2D eigenvalue weighted by Gasteiger charge is 1.96. The van der Waals surface area contributed by atoms with Crippen molar-refractivity contribution in [1.29, 1.82) is 0 Å². The third kappa shape index (κ3) is 15.9. The summed E-state index contributed by atoms with van der Waals surface area (Å²) in [6.07, 6.45) is 0. The van der Waals surface area contributed by atoms with Crippen molar-refractivity contribution in [3.8, 4) is 11.5 Å². The molecule has 166 valence electrons. The summed E-state index contributed by atoms with van der Waals surface area (Å²) in [6, 6.07) is 16.3. The maximum atomic E-state index is 9.00. The molecule has 0 aliphatic rings. The van der Waals surface area contributed by atoms with Crippen LogP contribution in [-0.4, -0.2) is 49.5 Å². The molecular formula is C22H32N2O6. The van der Waals surface area contributed by atoms with E-state index in [1.807, 2.05) is 24.3 Å². The van der Waals surface area contributed by atoms with Crippen LogP contribution in [-0.2, 0) is 22.7 Å². The topological polar surface area (TPSA) is 117 Å². The summed E-state index contributed by atoms with van der Waals surface area (Å²) >= 11 is 0. The number of rotatable bonds is 9. The standard InChI is InChI=1S/C18H24N2O2.2C2H4O2/c1-21-17-7-3-15(4-8-17)13-19-11-12-20-14-16-5-9-18(22-2)10-6-16;2*1-2(3)4/h3-10,19-20H,11-14H2,1-2H3;2*1H3,(H,3,4). The summed E-state index contributed by atoms with van der Waals surface area (Å²) in [5, 5.41) is 21.7. The number of carboxylic acid groups (broad SMARTS) is 2. The van der Waals surface area contributed by atoms with Crippen molar-refractivity contribution < 1.29 is 29.3 Å². The van der Waals surface area contributed by atoms with E-state index in [9.17, 15) is 0 Å². The summed E-state index contributed by atoms with van der Waals surface area (Å²) in [5.74, 6) is 0.120. The molecule has 0 heterocycles. The average molecular weight is 421 g/mol. The van der Waals surface area contributed by atoms with E-state index in [0.717, 1.165) is 51.5 Å². The first-order valence-corrected chi connectivity index (χ1v) is 9.34. The van der Waals surface area contributed by atoms with Crippen LogP contribution >= 0.6 is 0 Å². The first kappa shape index (κ1) is 26.9. The van der Waals surface area contributed by atoms with Gasteiger partial charge in [0.15, 0.2) is 0 Å². The quantitative estimate of drug-likeness (QED) is 0.458. The molecule has 0 unspecified atom stereocenters. The monoisotopic (exact) mass is 420 g/mol. The predicted molar refractivity (Wildman–Crippen MR) is 116 cm³/mol. The van der Waals surface area contributed by atoms with Gasteiger partial charge < -0.3 is 30.3 Å². The molecular weight excluding hydrogens is 388 g/mol. The van der Waals surface area contributed by atoms with Crippen LogP contribution in [0.1, 0.15) is 25.0 Å². The minimum Gasteiger partial charge on any atom is -0.497 e. The Kier molecular flexibility index (Phi) is 15.1. The maximum absolute atomic E-state index is 9.00. The van der Waals surface area contributed by atoms with Gasteiger partial charge in [0.2, 0.25) is 0 Å². The molecule has 30 heavy (non-hydrogen) atoms. The molecule has 8 nitrogen and oxygen atoms in total. The molecule has 0 bridgehead atoms. The Hall–Kier alpha value is -3.10. The van der Waals surface area contributed by atoms with Gasteiger partial charge in [-0.05, 0) is 35.4 Å². The average Bonchev–Trinajstić information content (AvgIpc) is 2.70. The molecule has 0 atom stereocenters. The fourth-order valence-corrected chi connectivity index (χ4v) is 2.13. The Labute approximate surface area is 177 Å². The number of carbonyl (C=O) groups is 2. The molecule has 0 spiro atoms.